The van der Waals surface area contributed by atoms with Crippen LogP contribution in [0.2, 0.25) is 0 Å². The lowest BCUT2D eigenvalue weighted by atomic mass is 10.1. The third-order valence-corrected chi connectivity index (χ3v) is 6.61. The number of aryl methyl sites for hydroxylation is 1. The first kappa shape index (κ1) is 18.5. The SMILES string of the molecule is Cc1cccc2c1c(Sc1ccc(S(C)(=O)=O)cc1)c(C)n2CC(=O)O. The molecule has 1 aromatic heterocycles. The van der Waals surface area contributed by atoms with Gasteiger partial charge < -0.3 is 9.67 Å². The van der Waals surface area contributed by atoms with Crippen LogP contribution in [0.5, 0.6) is 0 Å². The van der Waals surface area contributed by atoms with Crippen LogP contribution < -0.4 is 0 Å². The Morgan fingerprint density at radius 3 is 2.35 bits per heavy atom. The molecule has 0 atom stereocenters. The van der Waals surface area contributed by atoms with Crippen molar-refractivity contribution in [2.75, 3.05) is 6.26 Å². The molecule has 0 saturated heterocycles. The summed E-state index contributed by atoms with van der Waals surface area (Å²) in [5, 5.41) is 10.3. The third-order valence-electron chi connectivity index (χ3n) is 4.27. The van der Waals surface area contributed by atoms with E-state index in [2.05, 4.69) is 0 Å². The molecule has 0 aliphatic carbocycles. The highest BCUT2D eigenvalue weighted by Crippen LogP contribution is 2.39. The van der Waals surface area contributed by atoms with Crippen LogP contribution in [0.1, 0.15) is 11.3 Å². The van der Waals surface area contributed by atoms with E-state index in [0.717, 1.165) is 32.0 Å². The molecule has 0 unspecified atom stereocenters. The molecular formula is C19H19NO4S2. The average molecular weight is 389 g/mol. The lowest BCUT2D eigenvalue weighted by Crippen LogP contribution is -2.09. The number of carboxylic acids is 1. The van der Waals surface area contributed by atoms with Crippen molar-refractivity contribution in [3.63, 3.8) is 0 Å². The first-order valence-electron chi connectivity index (χ1n) is 7.96. The molecule has 1 N–H and O–H groups in total. The second-order valence-electron chi connectivity index (χ2n) is 6.21. The maximum absolute atomic E-state index is 11.6. The zero-order chi connectivity index (χ0) is 19.1. The minimum atomic E-state index is -3.23. The molecule has 5 nitrogen and oxygen atoms in total. The lowest BCUT2D eigenvalue weighted by molar-refractivity contribution is -0.137. The third kappa shape index (κ3) is 3.50. The Bertz CT molecular complexity index is 1100. The number of benzene rings is 2. The topological polar surface area (TPSA) is 76.4 Å². The van der Waals surface area contributed by atoms with E-state index in [-0.39, 0.29) is 11.4 Å². The molecule has 0 radical (unpaired) electrons. The smallest absolute Gasteiger partial charge is 0.323 e. The summed E-state index contributed by atoms with van der Waals surface area (Å²) in [6.45, 7) is 3.82. The number of nitrogens with zero attached hydrogens (tertiary/aromatic N) is 1. The van der Waals surface area contributed by atoms with E-state index in [1.165, 1.54) is 18.0 Å². The summed E-state index contributed by atoms with van der Waals surface area (Å²) in [6.07, 6.45) is 1.18. The van der Waals surface area contributed by atoms with Crippen molar-refractivity contribution in [3.8, 4) is 0 Å². The van der Waals surface area contributed by atoms with Crippen molar-refractivity contribution in [1.29, 1.82) is 0 Å². The number of rotatable bonds is 5. The molecular weight excluding hydrogens is 370 g/mol. The fraction of sp³-hybridized carbons (Fsp3) is 0.211. The number of carbonyl (C=O) groups is 1. The largest absolute Gasteiger partial charge is 0.480 e. The first-order valence-corrected chi connectivity index (χ1v) is 10.7. The van der Waals surface area contributed by atoms with Crippen LogP contribution >= 0.6 is 11.8 Å². The van der Waals surface area contributed by atoms with E-state index in [1.54, 1.807) is 28.8 Å². The van der Waals surface area contributed by atoms with Crippen LogP contribution in [0.4, 0.5) is 0 Å². The molecule has 0 fully saturated rings. The number of carboxylic acid groups (broad SMARTS) is 1. The van der Waals surface area contributed by atoms with Gasteiger partial charge in [-0.1, -0.05) is 23.9 Å². The summed E-state index contributed by atoms with van der Waals surface area (Å²) in [6, 6.07) is 12.6. The van der Waals surface area contributed by atoms with Gasteiger partial charge >= 0.3 is 5.97 Å². The average Bonchev–Trinajstić information content (AvgIpc) is 2.81. The molecule has 3 aromatic rings. The Morgan fingerprint density at radius 2 is 1.77 bits per heavy atom. The summed E-state index contributed by atoms with van der Waals surface area (Å²) in [4.78, 5) is 13.4. The molecule has 2 aromatic carbocycles. The van der Waals surface area contributed by atoms with Crippen molar-refractivity contribution < 1.29 is 18.3 Å². The molecule has 0 aliphatic rings. The minimum Gasteiger partial charge on any atom is -0.480 e. The number of fused-ring (bicyclic) bond motifs is 1. The second kappa shape index (κ2) is 6.81. The predicted molar refractivity (Wildman–Crippen MR) is 103 cm³/mol. The molecule has 0 saturated carbocycles. The van der Waals surface area contributed by atoms with E-state index in [4.69, 9.17) is 0 Å². The molecule has 7 heteroatoms. The van der Waals surface area contributed by atoms with Crippen molar-refractivity contribution in [1.82, 2.24) is 4.57 Å². The Hall–Kier alpha value is -2.25. The van der Waals surface area contributed by atoms with Crippen LogP contribution in [0.3, 0.4) is 0 Å². The number of aromatic nitrogens is 1. The van der Waals surface area contributed by atoms with Crippen LogP contribution in [-0.2, 0) is 21.2 Å². The minimum absolute atomic E-state index is 0.0979. The molecule has 0 spiro atoms. The normalized spacial score (nSPS) is 11.8. The number of aliphatic carboxylic acids is 1. The van der Waals surface area contributed by atoms with Crippen LogP contribution in [0.25, 0.3) is 10.9 Å². The molecule has 0 amide bonds. The summed E-state index contributed by atoms with van der Waals surface area (Å²) in [5.74, 6) is -0.888. The Morgan fingerprint density at radius 1 is 1.12 bits per heavy atom. The van der Waals surface area contributed by atoms with Crippen LogP contribution in [0, 0.1) is 13.8 Å². The quantitative estimate of drug-likeness (QED) is 0.716. The van der Waals surface area contributed by atoms with Crippen molar-refractivity contribution >= 4 is 38.5 Å². The molecule has 0 bridgehead atoms. The molecule has 136 valence electrons. The van der Waals surface area contributed by atoms with Gasteiger partial charge in [0.25, 0.3) is 0 Å². The van der Waals surface area contributed by atoms with Gasteiger partial charge in [-0.15, -0.1) is 0 Å². The number of hydrogen-bond donors (Lipinski definition) is 1. The Kier molecular flexibility index (Phi) is 4.86. The van der Waals surface area contributed by atoms with E-state index < -0.39 is 15.8 Å². The summed E-state index contributed by atoms with van der Waals surface area (Å²) in [7, 11) is -3.23. The van der Waals surface area contributed by atoms with Gasteiger partial charge in [0.2, 0.25) is 0 Å². The van der Waals surface area contributed by atoms with Gasteiger partial charge in [0, 0.05) is 27.1 Å². The van der Waals surface area contributed by atoms with Gasteiger partial charge in [-0.05, 0) is 49.7 Å². The molecule has 1 heterocycles. The number of hydrogen-bond acceptors (Lipinski definition) is 4. The second-order valence-corrected chi connectivity index (χ2v) is 9.31. The van der Waals surface area contributed by atoms with Crippen molar-refractivity contribution in [2.45, 2.75) is 35.1 Å². The van der Waals surface area contributed by atoms with Crippen molar-refractivity contribution in [3.05, 3.63) is 53.7 Å². The van der Waals surface area contributed by atoms with Crippen molar-refractivity contribution in [2.24, 2.45) is 0 Å². The van der Waals surface area contributed by atoms with E-state index in [0.29, 0.717) is 0 Å². The predicted octanol–water partition coefficient (Wildman–Crippen LogP) is 3.90. The maximum atomic E-state index is 11.6. The van der Waals surface area contributed by atoms with Gasteiger partial charge in [0.05, 0.1) is 10.4 Å². The van der Waals surface area contributed by atoms with Gasteiger partial charge in [-0.25, -0.2) is 8.42 Å². The standard InChI is InChI=1S/C19H19NO4S2/c1-12-5-4-6-16-18(12)19(13(2)20(16)11-17(21)22)25-14-7-9-15(10-8-14)26(3,23)24/h4-10H,11H2,1-3H3,(H,21,22). The summed E-state index contributed by atoms with van der Waals surface area (Å²) in [5.41, 5.74) is 2.85. The zero-order valence-electron chi connectivity index (χ0n) is 14.7. The maximum Gasteiger partial charge on any atom is 0.323 e. The van der Waals surface area contributed by atoms with Gasteiger partial charge in [-0.2, -0.15) is 0 Å². The number of sulfone groups is 1. The van der Waals surface area contributed by atoms with E-state index in [1.807, 2.05) is 32.0 Å². The summed E-state index contributed by atoms with van der Waals surface area (Å²) >= 11 is 1.52. The van der Waals surface area contributed by atoms with Gasteiger partial charge in [-0.3, -0.25) is 4.79 Å². The fourth-order valence-corrected chi connectivity index (χ4v) is 4.76. The zero-order valence-corrected chi connectivity index (χ0v) is 16.3. The molecule has 26 heavy (non-hydrogen) atoms. The Labute approximate surface area is 156 Å². The van der Waals surface area contributed by atoms with E-state index in [9.17, 15) is 18.3 Å². The highest BCUT2D eigenvalue weighted by molar-refractivity contribution is 7.99. The fourth-order valence-electron chi connectivity index (χ4n) is 2.99. The molecule has 3 rings (SSSR count). The molecule has 0 aliphatic heterocycles. The van der Waals surface area contributed by atoms with Gasteiger partial charge in [0.1, 0.15) is 6.54 Å². The van der Waals surface area contributed by atoms with Crippen LogP contribution in [-0.4, -0.2) is 30.3 Å². The highest BCUT2D eigenvalue weighted by atomic mass is 32.2. The summed E-state index contributed by atoms with van der Waals surface area (Å²) < 4.78 is 25.0. The van der Waals surface area contributed by atoms with Crippen LogP contribution in [0.15, 0.2) is 57.2 Å². The van der Waals surface area contributed by atoms with E-state index >= 15 is 0 Å². The Balaban J connectivity index is 2.10. The van der Waals surface area contributed by atoms with Gasteiger partial charge in [0.15, 0.2) is 9.84 Å². The lowest BCUT2D eigenvalue weighted by Gasteiger charge is -2.06. The monoisotopic (exact) mass is 389 g/mol. The highest BCUT2D eigenvalue weighted by Gasteiger charge is 2.18. The first-order chi connectivity index (χ1) is 12.2.